The molecular weight excluding hydrogens is 246 g/mol. The minimum absolute atomic E-state index is 0.00919. The van der Waals surface area contributed by atoms with Gasteiger partial charge in [-0.25, -0.2) is 18.2 Å². The Kier molecular flexibility index (Phi) is 4.27. The zero-order valence-electron chi connectivity index (χ0n) is 9.17. The zero-order chi connectivity index (χ0) is 12.9. The molecule has 1 heterocycles. The van der Waals surface area contributed by atoms with Gasteiger partial charge in [0.1, 0.15) is 5.82 Å². The lowest BCUT2D eigenvalue weighted by atomic mass is 10.2. The summed E-state index contributed by atoms with van der Waals surface area (Å²) in [6, 6.07) is 3.19. The van der Waals surface area contributed by atoms with Gasteiger partial charge in [0.2, 0.25) is 10.0 Å². The van der Waals surface area contributed by atoms with Crippen LogP contribution in [0.1, 0.15) is 12.5 Å². The SMILES string of the molecule is CCS(=O)(=O)Nc1ncccc1CNC(=O)O. The van der Waals surface area contributed by atoms with Crippen LogP contribution in [0.2, 0.25) is 0 Å². The predicted octanol–water partition coefficient (Wildman–Crippen LogP) is 0.611. The molecule has 8 heteroatoms. The van der Waals surface area contributed by atoms with E-state index < -0.39 is 16.1 Å². The molecule has 1 aromatic heterocycles. The number of hydrogen-bond donors (Lipinski definition) is 3. The third-order valence-corrected chi connectivity index (χ3v) is 3.22. The highest BCUT2D eigenvalue weighted by molar-refractivity contribution is 7.92. The van der Waals surface area contributed by atoms with Crippen LogP contribution in [0.4, 0.5) is 10.6 Å². The molecule has 0 aliphatic carbocycles. The highest BCUT2D eigenvalue weighted by Gasteiger charge is 2.11. The number of nitrogens with zero attached hydrogens (tertiary/aromatic N) is 1. The first-order chi connectivity index (χ1) is 7.94. The van der Waals surface area contributed by atoms with Crippen molar-refractivity contribution in [1.29, 1.82) is 0 Å². The van der Waals surface area contributed by atoms with Crippen LogP contribution in [-0.4, -0.2) is 30.4 Å². The monoisotopic (exact) mass is 259 g/mol. The summed E-state index contributed by atoms with van der Waals surface area (Å²) in [4.78, 5) is 14.2. The number of carbonyl (C=O) groups is 1. The second kappa shape index (κ2) is 5.48. The molecule has 0 saturated heterocycles. The van der Waals surface area contributed by atoms with Gasteiger partial charge >= 0.3 is 6.09 Å². The number of anilines is 1. The number of aromatic nitrogens is 1. The van der Waals surface area contributed by atoms with E-state index in [1.54, 1.807) is 12.1 Å². The van der Waals surface area contributed by atoms with Crippen LogP contribution in [0.15, 0.2) is 18.3 Å². The smallest absolute Gasteiger partial charge is 0.404 e. The average Bonchev–Trinajstić information content (AvgIpc) is 2.27. The fourth-order valence-corrected chi connectivity index (χ4v) is 1.69. The molecule has 1 rings (SSSR count). The van der Waals surface area contributed by atoms with Gasteiger partial charge in [-0.05, 0) is 13.0 Å². The Labute approximate surface area is 98.9 Å². The molecule has 0 aliphatic rings. The van der Waals surface area contributed by atoms with E-state index in [0.29, 0.717) is 5.56 Å². The molecule has 0 aromatic carbocycles. The third-order valence-electron chi connectivity index (χ3n) is 1.95. The predicted molar refractivity (Wildman–Crippen MR) is 62.2 cm³/mol. The molecule has 3 N–H and O–H groups in total. The lowest BCUT2D eigenvalue weighted by Gasteiger charge is -2.10. The molecule has 1 amide bonds. The van der Waals surface area contributed by atoms with Crippen molar-refractivity contribution in [2.45, 2.75) is 13.5 Å². The van der Waals surface area contributed by atoms with E-state index in [1.807, 2.05) is 0 Å². The van der Waals surface area contributed by atoms with Gasteiger partial charge in [0, 0.05) is 18.3 Å². The standard InChI is InChI=1S/C9H13N3O4S/c1-2-17(15,16)12-8-7(4-3-5-10-8)6-11-9(13)14/h3-5,11H,2,6H2,1H3,(H,10,12)(H,13,14). The summed E-state index contributed by atoms with van der Waals surface area (Å²) >= 11 is 0. The second-order valence-electron chi connectivity index (χ2n) is 3.18. The number of sulfonamides is 1. The summed E-state index contributed by atoms with van der Waals surface area (Å²) in [6.45, 7) is 1.49. The molecule has 0 fully saturated rings. The topological polar surface area (TPSA) is 108 Å². The van der Waals surface area contributed by atoms with E-state index in [1.165, 1.54) is 13.1 Å². The number of rotatable bonds is 5. The van der Waals surface area contributed by atoms with Crippen molar-refractivity contribution in [2.24, 2.45) is 0 Å². The summed E-state index contributed by atoms with van der Waals surface area (Å²) in [6.07, 6.45) is 0.246. The zero-order valence-corrected chi connectivity index (χ0v) is 9.99. The summed E-state index contributed by atoms with van der Waals surface area (Å²) in [5.41, 5.74) is 0.465. The summed E-state index contributed by atoms with van der Waals surface area (Å²) in [7, 11) is -3.42. The first-order valence-electron chi connectivity index (χ1n) is 4.86. The maximum Gasteiger partial charge on any atom is 0.404 e. The van der Waals surface area contributed by atoms with Gasteiger partial charge in [0.25, 0.3) is 0 Å². The number of carboxylic acid groups (broad SMARTS) is 1. The van der Waals surface area contributed by atoms with Crippen molar-refractivity contribution < 1.29 is 18.3 Å². The van der Waals surface area contributed by atoms with Gasteiger partial charge in [-0.2, -0.15) is 0 Å². The van der Waals surface area contributed by atoms with E-state index in [2.05, 4.69) is 15.0 Å². The first-order valence-corrected chi connectivity index (χ1v) is 6.51. The molecule has 0 atom stereocenters. The number of hydrogen-bond acceptors (Lipinski definition) is 4. The van der Waals surface area contributed by atoms with E-state index >= 15 is 0 Å². The van der Waals surface area contributed by atoms with Crippen molar-refractivity contribution in [3.8, 4) is 0 Å². The maximum atomic E-state index is 11.4. The molecule has 0 bridgehead atoms. The molecule has 0 radical (unpaired) electrons. The Bertz CT molecular complexity index is 501. The molecule has 0 unspecified atom stereocenters. The fourth-order valence-electron chi connectivity index (χ4n) is 1.06. The summed E-state index contributed by atoms with van der Waals surface area (Å²) in [5.74, 6) is 0.0677. The number of amides is 1. The summed E-state index contributed by atoms with van der Waals surface area (Å²) < 4.78 is 25.0. The van der Waals surface area contributed by atoms with Gasteiger partial charge in [-0.1, -0.05) is 6.07 Å². The van der Waals surface area contributed by atoms with Crippen molar-refractivity contribution in [3.05, 3.63) is 23.9 Å². The highest BCUT2D eigenvalue weighted by atomic mass is 32.2. The maximum absolute atomic E-state index is 11.4. The van der Waals surface area contributed by atoms with Crippen molar-refractivity contribution in [1.82, 2.24) is 10.3 Å². The third kappa shape index (κ3) is 4.27. The molecular formula is C9H13N3O4S. The van der Waals surface area contributed by atoms with Crippen molar-refractivity contribution in [3.63, 3.8) is 0 Å². The normalized spacial score (nSPS) is 10.9. The van der Waals surface area contributed by atoms with Crippen LogP contribution in [0.5, 0.6) is 0 Å². The lowest BCUT2D eigenvalue weighted by Crippen LogP contribution is -2.22. The lowest BCUT2D eigenvalue weighted by molar-refractivity contribution is 0.194. The van der Waals surface area contributed by atoms with Gasteiger partial charge in [-0.15, -0.1) is 0 Å². The van der Waals surface area contributed by atoms with E-state index in [0.717, 1.165) is 0 Å². The van der Waals surface area contributed by atoms with E-state index in [-0.39, 0.29) is 18.1 Å². The van der Waals surface area contributed by atoms with E-state index in [4.69, 9.17) is 5.11 Å². The van der Waals surface area contributed by atoms with Crippen molar-refractivity contribution >= 4 is 21.9 Å². The van der Waals surface area contributed by atoms with Crippen LogP contribution >= 0.6 is 0 Å². The van der Waals surface area contributed by atoms with Gasteiger partial charge in [-0.3, -0.25) is 4.72 Å². The molecule has 17 heavy (non-hydrogen) atoms. The number of pyridine rings is 1. The summed E-state index contributed by atoms with van der Waals surface area (Å²) in [5, 5.41) is 10.6. The largest absolute Gasteiger partial charge is 0.465 e. The molecule has 1 aromatic rings. The van der Waals surface area contributed by atoms with Gasteiger partial charge in [0.15, 0.2) is 0 Å². The molecule has 94 valence electrons. The van der Waals surface area contributed by atoms with Gasteiger partial charge < -0.3 is 10.4 Å². The van der Waals surface area contributed by atoms with Crippen LogP contribution in [0, 0.1) is 0 Å². The van der Waals surface area contributed by atoms with Crippen LogP contribution < -0.4 is 10.0 Å². The van der Waals surface area contributed by atoms with E-state index in [9.17, 15) is 13.2 Å². The average molecular weight is 259 g/mol. The fraction of sp³-hybridized carbons (Fsp3) is 0.333. The minimum Gasteiger partial charge on any atom is -0.465 e. The first kappa shape index (κ1) is 13.2. The minimum atomic E-state index is -3.42. The quantitative estimate of drug-likeness (QED) is 0.718. The second-order valence-corrected chi connectivity index (χ2v) is 5.19. The molecule has 7 nitrogen and oxygen atoms in total. The Morgan fingerprint density at radius 1 is 1.53 bits per heavy atom. The Balaban J connectivity index is 2.88. The Morgan fingerprint density at radius 2 is 2.24 bits per heavy atom. The number of nitrogens with one attached hydrogen (secondary N) is 2. The van der Waals surface area contributed by atoms with Crippen LogP contribution in [0.25, 0.3) is 0 Å². The highest BCUT2D eigenvalue weighted by Crippen LogP contribution is 2.12. The Morgan fingerprint density at radius 3 is 2.82 bits per heavy atom. The molecule has 0 aliphatic heterocycles. The molecule has 0 saturated carbocycles. The van der Waals surface area contributed by atoms with Crippen LogP contribution in [0.3, 0.4) is 0 Å². The molecule has 0 spiro atoms. The van der Waals surface area contributed by atoms with Crippen LogP contribution in [-0.2, 0) is 16.6 Å². The van der Waals surface area contributed by atoms with Crippen molar-refractivity contribution in [2.75, 3.05) is 10.5 Å². The van der Waals surface area contributed by atoms with Gasteiger partial charge in [0.05, 0.1) is 5.75 Å². The Hall–Kier alpha value is -1.83.